The molecule has 0 spiro atoms. The van der Waals surface area contributed by atoms with Crippen molar-refractivity contribution in [1.82, 2.24) is 30.1 Å². The molecule has 0 fully saturated rings. The quantitative estimate of drug-likeness (QED) is 0.308. The van der Waals surface area contributed by atoms with Crippen LogP contribution >= 0.6 is 0 Å². The molecule has 1 N–H and O–H groups in total. The first kappa shape index (κ1) is 24.0. The number of tetrazole rings is 1. The van der Waals surface area contributed by atoms with E-state index in [-0.39, 0.29) is 12.5 Å². The van der Waals surface area contributed by atoms with E-state index in [0.717, 1.165) is 34.2 Å². The molecular weight excluding hydrogens is 464 g/mol. The summed E-state index contributed by atoms with van der Waals surface area (Å²) in [4.78, 5) is 14.9. The molecule has 37 heavy (non-hydrogen) atoms. The van der Waals surface area contributed by atoms with Crippen LogP contribution in [0.25, 0.3) is 23.1 Å². The number of H-pyrrole nitrogens is 1. The number of rotatable bonds is 10. The van der Waals surface area contributed by atoms with Crippen LogP contribution in [0.2, 0.25) is 0 Å². The molecule has 2 heterocycles. The fourth-order valence-electron chi connectivity index (χ4n) is 4.14. The largest absolute Gasteiger partial charge is 0.489 e. The van der Waals surface area contributed by atoms with Crippen molar-refractivity contribution in [1.29, 1.82) is 0 Å². The van der Waals surface area contributed by atoms with Gasteiger partial charge in [-0.05, 0) is 58.3 Å². The van der Waals surface area contributed by atoms with Crippen molar-refractivity contribution in [2.45, 2.75) is 19.6 Å². The first-order valence-corrected chi connectivity index (χ1v) is 12.1. The zero-order valence-electron chi connectivity index (χ0n) is 20.6. The van der Waals surface area contributed by atoms with Gasteiger partial charge in [0.25, 0.3) is 0 Å². The topological polar surface area (TPSA) is 88.9 Å². The molecule has 5 rings (SSSR count). The minimum absolute atomic E-state index is 0.0483. The van der Waals surface area contributed by atoms with Gasteiger partial charge in [0, 0.05) is 36.3 Å². The first-order valence-electron chi connectivity index (χ1n) is 12.1. The van der Waals surface area contributed by atoms with Gasteiger partial charge in [0.15, 0.2) is 5.82 Å². The molecule has 2 aromatic heterocycles. The normalized spacial score (nSPS) is 11.3. The number of hydrogen-bond donors (Lipinski definition) is 1. The molecule has 0 unspecified atom stereocenters. The molecule has 0 saturated carbocycles. The lowest BCUT2D eigenvalue weighted by molar-refractivity contribution is -0.130. The molecule has 8 nitrogen and oxygen atoms in total. The number of fused-ring (bicyclic) bond motifs is 1. The molecule has 8 heteroatoms. The van der Waals surface area contributed by atoms with E-state index in [1.807, 2.05) is 96.7 Å². The summed E-state index contributed by atoms with van der Waals surface area (Å²) >= 11 is 0. The van der Waals surface area contributed by atoms with Crippen LogP contribution < -0.4 is 4.74 Å². The van der Waals surface area contributed by atoms with Crippen molar-refractivity contribution in [3.05, 3.63) is 108 Å². The van der Waals surface area contributed by atoms with Crippen LogP contribution in [0.4, 0.5) is 0 Å². The van der Waals surface area contributed by atoms with Crippen molar-refractivity contribution < 1.29 is 9.53 Å². The third-order valence-electron chi connectivity index (χ3n) is 6.22. The van der Waals surface area contributed by atoms with Crippen molar-refractivity contribution in [2.24, 2.45) is 0 Å². The Kier molecular flexibility index (Phi) is 7.36. The Labute approximate surface area is 215 Å². The van der Waals surface area contributed by atoms with Gasteiger partial charge in [-0.25, -0.2) is 5.10 Å². The lowest BCUT2D eigenvalue weighted by Crippen LogP contribution is -2.31. The highest BCUT2D eigenvalue weighted by Crippen LogP contribution is 2.28. The maximum absolute atomic E-state index is 13.1. The fraction of sp³-hybridized carbons (Fsp3) is 0.172. The highest BCUT2D eigenvalue weighted by atomic mass is 16.5. The molecule has 0 atom stereocenters. The maximum Gasteiger partial charge on any atom is 0.242 e. The number of carbonyl (C=O) groups excluding carboxylic acids is 1. The smallest absolute Gasteiger partial charge is 0.242 e. The van der Waals surface area contributed by atoms with E-state index in [2.05, 4.69) is 32.8 Å². The lowest BCUT2D eigenvalue weighted by atomic mass is 10.1. The van der Waals surface area contributed by atoms with Gasteiger partial charge >= 0.3 is 0 Å². The molecule has 0 aliphatic carbocycles. The maximum atomic E-state index is 13.1. The summed E-state index contributed by atoms with van der Waals surface area (Å²) in [5.41, 5.74) is 4.21. The Bertz CT molecular complexity index is 1480. The number of carbonyl (C=O) groups is 1. The highest BCUT2D eigenvalue weighted by Gasteiger charge is 2.14. The van der Waals surface area contributed by atoms with E-state index in [4.69, 9.17) is 4.74 Å². The number of nitrogens with zero attached hydrogens (tertiary/aromatic N) is 5. The van der Waals surface area contributed by atoms with E-state index >= 15 is 0 Å². The van der Waals surface area contributed by atoms with Crippen molar-refractivity contribution in [3.8, 4) is 5.75 Å². The Hall–Kier alpha value is -4.72. The van der Waals surface area contributed by atoms with Gasteiger partial charge in [-0.1, -0.05) is 60.7 Å². The Morgan fingerprint density at radius 1 is 1.00 bits per heavy atom. The van der Waals surface area contributed by atoms with E-state index in [1.54, 1.807) is 4.90 Å². The van der Waals surface area contributed by atoms with Crippen LogP contribution in [0.15, 0.2) is 85.1 Å². The van der Waals surface area contributed by atoms with E-state index < -0.39 is 0 Å². The number of benzene rings is 3. The summed E-state index contributed by atoms with van der Waals surface area (Å²) in [5, 5.41) is 14.9. The third-order valence-corrected chi connectivity index (χ3v) is 6.22. The van der Waals surface area contributed by atoms with Gasteiger partial charge in [-0.3, -0.25) is 4.79 Å². The van der Waals surface area contributed by atoms with Gasteiger partial charge < -0.3 is 14.2 Å². The summed E-state index contributed by atoms with van der Waals surface area (Å²) in [6.07, 6.45) is 6.54. The van der Waals surface area contributed by atoms with Crippen molar-refractivity contribution in [3.63, 3.8) is 0 Å². The Balaban J connectivity index is 1.36. The number of amides is 1. The van der Waals surface area contributed by atoms with Gasteiger partial charge in [0.2, 0.25) is 5.91 Å². The van der Waals surface area contributed by atoms with Crippen LogP contribution in [-0.4, -0.2) is 49.6 Å². The molecule has 5 aromatic rings. The first-order chi connectivity index (χ1) is 18.2. The van der Waals surface area contributed by atoms with Crippen LogP contribution in [-0.2, 0) is 24.4 Å². The van der Waals surface area contributed by atoms with Gasteiger partial charge in [-0.2, -0.15) is 0 Å². The minimum Gasteiger partial charge on any atom is -0.489 e. The van der Waals surface area contributed by atoms with Crippen LogP contribution in [0.1, 0.15) is 22.5 Å². The zero-order valence-corrected chi connectivity index (χ0v) is 20.6. The summed E-state index contributed by atoms with van der Waals surface area (Å²) in [5.74, 6) is 1.36. The predicted octanol–water partition coefficient (Wildman–Crippen LogP) is 4.60. The average molecular weight is 493 g/mol. The molecule has 0 bridgehead atoms. The van der Waals surface area contributed by atoms with E-state index in [0.29, 0.717) is 19.0 Å². The van der Waals surface area contributed by atoms with Crippen molar-refractivity contribution >= 4 is 29.0 Å². The van der Waals surface area contributed by atoms with Crippen LogP contribution in [0.3, 0.4) is 0 Å². The van der Waals surface area contributed by atoms with Crippen LogP contribution in [0.5, 0.6) is 5.75 Å². The molecule has 0 aliphatic rings. The van der Waals surface area contributed by atoms with E-state index in [9.17, 15) is 4.79 Å². The molecule has 186 valence electrons. The zero-order chi connectivity index (χ0) is 25.5. The lowest BCUT2D eigenvalue weighted by Gasteiger charge is -2.18. The summed E-state index contributed by atoms with van der Waals surface area (Å²) in [7, 11) is 1.85. The standard InChI is InChI=1S/C29H28N6O2/c1-34(17-16-22-8-4-2-5-9-22)29(36)20-35-19-24(12-15-28-30-32-33-31-28)26-18-25(13-14-27(26)35)37-21-23-10-6-3-7-11-23/h2-15,18-19H,16-17,20-21H2,1H3,(H,30,31,32,33)/b15-12+. The van der Waals surface area contributed by atoms with Crippen LogP contribution in [0, 0.1) is 0 Å². The molecule has 0 aliphatic heterocycles. The molecule has 1 amide bonds. The Morgan fingerprint density at radius 3 is 2.49 bits per heavy atom. The second-order valence-electron chi connectivity index (χ2n) is 8.84. The average Bonchev–Trinajstić information content (AvgIpc) is 3.58. The number of nitrogens with one attached hydrogen (secondary N) is 1. The molecule has 0 saturated heterocycles. The third kappa shape index (κ3) is 6.10. The van der Waals surface area contributed by atoms with E-state index in [1.165, 1.54) is 5.56 Å². The molecular formula is C29H28N6O2. The SMILES string of the molecule is CN(CCc1ccccc1)C(=O)Cn1cc(/C=C/c2nnn[nH]2)c2cc(OCc3ccccc3)ccc21. The number of aromatic amines is 1. The molecule has 3 aromatic carbocycles. The second kappa shape index (κ2) is 11.3. The van der Waals surface area contributed by atoms with Crippen molar-refractivity contribution in [2.75, 3.05) is 13.6 Å². The van der Waals surface area contributed by atoms with Gasteiger partial charge in [0.1, 0.15) is 18.9 Å². The molecule has 0 radical (unpaired) electrons. The highest BCUT2D eigenvalue weighted by molar-refractivity contribution is 5.93. The number of aromatic nitrogens is 5. The summed E-state index contributed by atoms with van der Waals surface area (Å²) < 4.78 is 8.04. The summed E-state index contributed by atoms with van der Waals surface area (Å²) in [6, 6.07) is 26.2. The summed E-state index contributed by atoms with van der Waals surface area (Å²) in [6.45, 7) is 1.38. The number of ether oxygens (including phenoxy) is 1. The second-order valence-corrected chi connectivity index (χ2v) is 8.84. The predicted molar refractivity (Wildman–Crippen MR) is 144 cm³/mol. The number of hydrogen-bond acceptors (Lipinski definition) is 5. The van der Waals surface area contributed by atoms with Gasteiger partial charge in [-0.15, -0.1) is 5.10 Å². The number of likely N-dealkylation sites (N-methyl/N-ethyl adjacent to an activating group) is 1. The Morgan fingerprint density at radius 2 is 1.76 bits per heavy atom. The fourth-order valence-corrected chi connectivity index (χ4v) is 4.14. The monoisotopic (exact) mass is 492 g/mol. The minimum atomic E-state index is 0.0483. The van der Waals surface area contributed by atoms with Gasteiger partial charge in [0.05, 0.1) is 0 Å².